The molecule has 1 saturated heterocycles. The molecule has 1 unspecified atom stereocenters. The fraction of sp³-hybridized carbons (Fsp3) is 0.391. The average molecular weight is 508 g/mol. The smallest absolute Gasteiger partial charge is 0.475 e. The maximum absolute atomic E-state index is 13.2. The van der Waals surface area contributed by atoms with Crippen molar-refractivity contribution in [3.05, 3.63) is 65.3 Å². The summed E-state index contributed by atoms with van der Waals surface area (Å²) in [5.41, 5.74) is 4.44. The van der Waals surface area contributed by atoms with Gasteiger partial charge in [0, 0.05) is 36.8 Å². The van der Waals surface area contributed by atoms with Crippen LogP contribution in [-0.4, -0.2) is 67.4 Å². The number of hydrogen-bond acceptors (Lipinski definition) is 5. The van der Waals surface area contributed by atoms with Crippen molar-refractivity contribution in [2.45, 2.75) is 37.9 Å². The lowest BCUT2D eigenvalue weighted by Crippen LogP contribution is -2.37. The lowest BCUT2D eigenvalue weighted by atomic mass is 9.93. The summed E-state index contributed by atoms with van der Waals surface area (Å²) in [6, 6.07) is 6.37. The summed E-state index contributed by atoms with van der Waals surface area (Å²) in [5.74, 6) is -2.72. The number of hydrogen-bond donors (Lipinski definition) is 3. The molecule has 5 rings (SSSR count). The Hall–Kier alpha value is -3.74. The van der Waals surface area contributed by atoms with Gasteiger partial charge < -0.3 is 19.9 Å². The van der Waals surface area contributed by atoms with Gasteiger partial charge in [0.2, 0.25) is 0 Å². The molecule has 3 aromatic rings. The largest absolute Gasteiger partial charge is 0.490 e. The Balaban J connectivity index is 0.000000384. The molecular formula is C23H24F4N6O3. The Bertz CT molecular complexity index is 1220. The van der Waals surface area contributed by atoms with Crippen molar-refractivity contribution >= 4 is 11.9 Å². The zero-order valence-electron chi connectivity index (χ0n) is 19.1. The number of H-pyrrole nitrogens is 1. The van der Waals surface area contributed by atoms with Crippen LogP contribution < -0.4 is 5.32 Å². The highest BCUT2D eigenvalue weighted by atomic mass is 19.4. The van der Waals surface area contributed by atoms with Crippen LogP contribution in [0.2, 0.25) is 0 Å². The van der Waals surface area contributed by atoms with Crippen molar-refractivity contribution < 1.29 is 32.3 Å². The number of rotatable bonds is 3. The van der Waals surface area contributed by atoms with Crippen molar-refractivity contribution in [2.75, 3.05) is 19.6 Å². The quantitative estimate of drug-likeness (QED) is 0.469. The van der Waals surface area contributed by atoms with Gasteiger partial charge in [0.1, 0.15) is 5.82 Å². The number of amides is 1. The third-order valence-corrected chi connectivity index (χ3v) is 6.15. The first-order chi connectivity index (χ1) is 17.1. The van der Waals surface area contributed by atoms with Crippen LogP contribution in [0.25, 0.3) is 5.69 Å². The molecule has 1 amide bonds. The highest BCUT2D eigenvalue weighted by Gasteiger charge is 2.38. The first-order valence-corrected chi connectivity index (χ1v) is 11.3. The van der Waals surface area contributed by atoms with E-state index in [-0.39, 0.29) is 11.7 Å². The van der Waals surface area contributed by atoms with Gasteiger partial charge >= 0.3 is 12.1 Å². The maximum Gasteiger partial charge on any atom is 0.490 e. The molecule has 0 saturated carbocycles. The van der Waals surface area contributed by atoms with Gasteiger partial charge in [0.05, 0.1) is 36.0 Å². The third-order valence-electron chi connectivity index (χ3n) is 6.15. The Morgan fingerprint density at radius 2 is 1.89 bits per heavy atom. The van der Waals surface area contributed by atoms with Gasteiger partial charge in [-0.3, -0.25) is 9.89 Å². The fourth-order valence-electron chi connectivity index (χ4n) is 4.35. The molecule has 0 aliphatic carbocycles. The molecule has 0 spiro atoms. The first-order valence-electron chi connectivity index (χ1n) is 11.3. The minimum Gasteiger partial charge on any atom is -0.475 e. The number of halogens is 4. The number of aliphatic carboxylic acids is 1. The number of carboxylic acids is 1. The molecule has 2 aliphatic heterocycles. The number of carbonyl (C=O) groups is 2. The zero-order chi connectivity index (χ0) is 25.9. The normalized spacial score (nSPS) is 17.7. The molecule has 2 aliphatic rings. The number of nitrogens with zero attached hydrogens (tertiary/aromatic N) is 4. The van der Waals surface area contributed by atoms with Gasteiger partial charge in [0.15, 0.2) is 0 Å². The van der Waals surface area contributed by atoms with Crippen LogP contribution in [0.5, 0.6) is 0 Å². The summed E-state index contributed by atoms with van der Waals surface area (Å²) in [6.45, 7) is 2.98. The number of piperidine rings is 1. The summed E-state index contributed by atoms with van der Waals surface area (Å²) in [4.78, 5) is 28.5. The fourth-order valence-corrected chi connectivity index (χ4v) is 4.35. The molecule has 1 aromatic carbocycles. The minimum atomic E-state index is -5.08. The molecule has 9 nitrogen and oxygen atoms in total. The lowest BCUT2D eigenvalue weighted by molar-refractivity contribution is -0.192. The molecule has 0 radical (unpaired) electrons. The molecule has 0 bridgehead atoms. The number of aromatic nitrogens is 4. The van der Waals surface area contributed by atoms with Crippen molar-refractivity contribution in [1.82, 2.24) is 30.0 Å². The number of benzene rings is 1. The summed E-state index contributed by atoms with van der Waals surface area (Å²) < 4.78 is 46.9. The van der Waals surface area contributed by atoms with Crippen LogP contribution >= 0.6 is 0 Å². The highest BCUT2D eigenvalue weighted by molar-refractivity contribution is 5.95. The van der Waals surface area contributed by atoms with Crippen LogP contribution in [0.15, 0.2) is 36.8 Å². The van der Waals surface area contributed by atoms with E-state index in [0.717, 1.165) is 48.7 Å². The topological polar surface area (TPSA) is 116 Å². The van der Waals surface area contributed by atoms with Gasteiger partial charge in [0.25, 0.3) is 5.91 Å². The second kappa shape index (κ2) is 10.5. The monoisotopic (exact) mass is 508 g/mol. The van der Waals surface area contributed by atoms with E-state index < -0.39 is 12.1 Å². The lowest BCUT2D eigenvalue weighted by Gasteiger charge is -2.28. The summed E-state index contributed by atoms with van der Waals surface area (Å²) in [5, 5.41) is 17.7. The van der Waals surface area contributed by atoms with E-state index in [4.69, 9.17) is 9.90 Å². The Morgan fingerprint density at radius 3 is 2.53 bits per heavy atom. The molecule has 1 atom stereocenters. The molecule has 36 heavy (non-hydrogen) atoms. The van der Waals surface area contributed by atoms with Gasteiger partial charge in [-0.15, -0.1) is 0 Å². The van der Waals surface area contributed by atoms with E-state index in [2.05, 4.69) is 20.5 Å². The number of nitrogens with one attached hydrogen (secondary N) is 2. The minimum absolute atomic E-state index is 0.00121. The van der Waals surface area contributed by atoms with E-state index in [9.17, 15) is 22.4 Å². The van der Waals surface area contributed by atoms with Gasteiger partial charge in [-0.2, -0.15) is 18.3 Å². The van der Waals surface area contributed by atoms with E-state index >= 15 is 0 Å². The van der Waals surface area contributed by atoms with Gasteiger partial charge in [-0.25, -0.2) is 14.2 Å². The number of carboxylic acid groups (broad SMARTS) is 1. The SMILES string of the molecule is O=C(O)C(F)(F)F.O=C(c1cn[nH]c1C1CCCNC1)N1CCc2c(ncn2-c2ccc(F)cc2)C1. The molecule has 1 fully saturated rings. The van der Waals surface area contributed by atoms with Crippen molar-refractivity contribution in [3.63, 3.8) is 0 Å². The number of aromatic amines is 1. The Kier molecular flexibility index (Phi) is 7.38. The summed E-state index contributed by atoms with van der Waals surface area (Å²) >= 11 is 0. The van der Waals surface area contributed by atoms with Crippen LogP contribution in [-0.2, 0) is 17.8 Å². The molecular weight excluding hydrogens is 484 g/mol. The van der Waals surface area contributed by atoms with Crippen LogP contribution in [0.4, 0.5) is 17.6 Å². The average Bonchev–Trinajstić information content (AvgIpc) is 3.52. The molecule has 4 heterocycles. The van der Waals surface area contributed by atoms with E-state index in [1.54, 1.807) is 24.7 Å². The second-order valence-corrected chi connectivity index (χ2v) is 8.50. The number of carbonyl (C=O) groups excluding carboxylic acids is 1. The molecule has 2 aromatic heterocycles. The van der Waals surface area contributed by atoms with Crippen molar-refractivity contribution in [2.24, 2.45) is 0 Å². The summed E-state index contributed by atoms with van der Waals surface area (Å²) in [6.07, 6.45) is 1.19. The van der Waals surface area contributed by atoms with Crippen LogP contribution in [0.1, 0.15) is 46.2 Å². The molecule has 3 N–H and O–H groups in total. The Labute approximate surface area is 203 Å². The first kappa shape index (κ1) is 25.4. The van der Waals surface area contributed by atoms with Crippen molar-refractivity contribution in [3.8, 4) is 5.69 Å². The zero-order valence-corrected chi connectivity index (χ0v) is 19.1. The van der Waals surface area contributed by atoms with E-state index in [0.29, 0.717) is 31.0 Å². The second-order valence-electron chi connectivity index (χ2n) is 8.50. The predicted molar refractivity (Wildman–Crippen MR) is 119 cm³/mol. The highest BCUT2D eigenvalue weighted by Crippen LogP contribution is 2.27. The van der Waals surface area contributed by atoms with Gasteiger partial charge in [-0.05, 0) is 43.7 Å². The van der Waals surface area contributed by atoms with Gasteiger partial charge in [-0.1, -0.05) is 0 Å². The summed E-state index contributed by atoms with van der Waals surface area (Å²) in [7, 11) is 0. The van der Waals surface area contributed by atoms with Crippen LogP contribution in [0.3, 0.4) is 0 Å². The Morgan fingerprint density at radius 1 is 1.17 bits per heavy atom. The third kappa shape index (κ3) is 5.56. The van der Waals surface area contributed by atoms with Crippen LogP contribution in [0, 0.1) is 5.82 Å². The standard InChI is InChI=1S/C21H23FN6O.C2HF3O2/c22-15-3-5-16(6-4-15)28-13-24-18-12-27(9-7-19(18)28)21(29)17-11-25-26-20(17)14-2-1-8-23-10-14;3-2(4,5)1(6)7/h3-6,11,13-14,23H,1-2,7-10,12H2,(H,25,26);(H,6,7). The number of alkyl halides is 3. The molecule has 13 heteroatoms. The maximum atomic E-state index is 13.2. The van der Waals surface area contributed by atoms with E-state index in [1.165, 1.54) is 12.1 Å². The van der Waals surface area contributed by atoms with E-state index in [1.807, 2.05) is 9.47 Å². The number of fused-ring (bicyclic) bond motifs is 1. The predicted octanol–water partition coefficient (Wildman–Crippen LogP) is 3.03. The van der Waals surface area contributed by atoms with Crippen molar-refractivity contribution in [1.29, 1.82) is 0 Å². The molecule has 192 valence electrons. The number of imidazole rings is 1.